The zero-order chi connectivity index (χ0) is 21.9. The molecule has 0 aliphatic carbocycles. The number of nitrogens with one attached hydrogen (secondary N) is 3. The Morgan fingerprint density at radius 2 is 1.57 bits per heavy atom. The Balaban J connectivity index is 5.38. The molecule has 0 aromatic rings. The second-order valence-electron chi connectivity index (χ2n) is 6.28. The van der Waals surface area contributed by atoms with Gasteiger partial charge in [-0.3, -0.25) is 19.2 Å². The number of rotatable bonds is 13. The van der Waals surface area contributed by atoms with E-state index in [9.17, 15) is 24.0 Å². The van der Waals surface area contributed by atoms with E-state index in [2.05, 4.69) is 16.0 Å². The van der Waals surface area contributed by atoms with E-state index in [1.54, 1.807) is 13.8 Å². The van der Waals surface area contributed by atoms with Gasteiger partial charge in [-0.25, -0.2) is 4.79 Å². The number of hydrogen-bond donors (Lipinski definition) is 7. The van der Waals surface area contributed by atoms with Gasteiger partial charge in [0.15, 0.2) is 0 Å². The molecule has 0 saturated heterocycles. The minimum atomic E-state index is -1.58. The molecule has 0 aliphatic rings. The minimum Gasteiger partial charge on any atom is -0.480 e. The van der Waals surface area contributed by atoms with Crippen LogP contribution in [0, 0.1) is 5.92 Å². The molecule has 4 atom stereocenters. The van der Waals surface area contributed by atoms with Gasteiger partial charge in [-0.05, 0) is 12.3 Å². The average molecular weight is 403 g/mol. The lowest BCUT2D eigenvalue weighted by Gasteiger charge is -2.26. The third-order valence-corrected chi connectivity index (χ3v) is 4.11. The summed E-state index contributed by atoms with van der Waals surface area (Å²) < 4.78 is 0. The zero-order valence-electron chi connectivity index (χ0n) is 15.9. The van der Waals surface area contributed by atoms with Crippen LogP contribution in [0.15, 0.2) is 0 Å². The Bertz CT molecular complexity index is 584. The monoisotopic (exact) mass is 403 g/mol. The highest BCUT2D eigenvalue weighted by atomic mass is 16.4. The molecule has 0 rings (SSSR count). The van der Waals surface area contributed by atoms with E-state index >= 15 is 0 Å². The second kappa shape index (κ2) is 12.6. The summed E-state index contributed by atoms with van der Waals surface area (Å²) in [6, 6.07) is -3.87. The van der Waals surface area contributed by atoms with Crippen LogP contribution in [-0.4, -0.2) is 71.1 Å². The highest BCUT2D eigenvalue weighted by Gasteiger charge is 2.31. The third kappa shape index (κ3) is 8.77. The van der Waals surface area contributed by atoms with E-state index in [1.807, 2.05) is 0 Å². The van der Waals surface area contributed by atoms with Crippen LogP contribution in [0.3, 0.4) is 0 Å². The van der Waals surface area contributed by atoms with Crippen LogP contribution in [0.25, 0.3) is 0 Å². The van der Waals surface area contributed by atoms with Gasteiger partial charge in [-0.2, -0.15) is 0 Å². The maximum Gasteiger partial charge on any atom is 0.328 e. The SMILES string of the molecule is CCC(C)C(NC(=O)CN)C(=O)NC(CCC(N)=O)C(=O)NC(CO)C(=O)O. The summed E-state index contributed by atoms with van der Waals surface area (Å²) >= 11 is 0. The molecule has 12 heteroatoms. The zero-order valence-corrected chi connectivity index (χ0v) is 15.9. The van der Waals surface area contributed by atoms with Crippen molar-refractivity contribution < 1.29 is 34.2 Å². The molecule has 12 nitrogen and oxygen atoms in total. The predicted molar refractivity (Wildman–Crippen MR) is 97.5 cm³/mol. The number of carboxylic acid groups (broad SMARTS) is 1. The molecule has 4 unspecified atom stereocenters. The molecule has 0 aromatic heterocycles. The standard InChI is InChI=1S/C16H29N5O7/c1-3-8(2)13(21-12(24)6-17)15(26)19-9(4-5-11(18)23)14(25)20-10(7-22)16(27)28/h8-10,13,22H,3-7,17H2,1-2H3,(H2,18,23)(H,19,26)(H,20,25)(H,21,24)(H,27,28). The molecular weight excluding hydrogens is 374 g/mol. The number of amides is 4. The van der Waals surface area contributed by atoms with Gasteiger partial charge in [0.25, 0.3) is 0 Å². The van der Waals surface area contributed by atoms with Crippen LogP contribution < -0.4 is 27.4 Å². The molecule has 0 fully saturated rings. The van der Waals surface area contributed by atoms with E-state index in [1.165, 1.54) is 0 Å². The van der Waals surface area contributed by atoms with E-state index in [-0.39, 0.29) is 25.3 Å². The molecule has 9 N–H and O–H groups in total. The normalized spacial score (nSPS) is 14.9. The van der Waals surface area contributed by atoms with Crippen LogP contribution in [0.1, 0.15) is 33.1 Å². The number of nitrogens with two attached hydrogens (primary N) is 2. The summed E-state index contributed by atoms with van der Waals surface area (Å²) in [6.07, 6.45) is 0.0911. The molecule has 0 heterocycles. The Morgan fingerprint density at radius 1 is 1.00 bits per heavy atom. The van der Waals surface area contributed by atoms with Crippen molar-refractivity contribution in [2.75, 3.05) is 13.2 Å². The molecule has 0 radical (unpaired) electrons. The Morgan fingerprint density at radius 3 is 2.00 bits per heavy atom. The number of hydrogen-bond acceptors (Lipinski definition) is 7. The summed E-state index contributed by atoms with van der Waals surface area (Å²) in [5.74, 6) is -4.66. The highest BCUT2D eigenvalue weighted by Crippen LogP contribution is 2.09. The fourth-order valence-corrected chi connectivity index (χ4v) is 2.21. The largest absolute Gasteiger partial charge is 0.480 e. The number of carboxylic acids is 1. The van der Waals surface area contributed by atoms with Crippen LogP contribution in [0.4, 0.5) is 0 Å². The number of aliphatic carboxylic acids is 1. The molecular formula is C16H29N5O7. The van der Waals surface area contributed by atoms with E-state index in [0.29, 0.717) is 6.42 Å². The Labute approximate surface area is 162 Å². The lowest BCUT2D eigenvalue weighted by Crippen LogP contribution is -2.58. The van der Waals surface area contributed by atoms with Crippen molar-refractivity contribution in [2.45, 2.75) is 51.2 Å². The summed E-state index contributed by atoms with van der Waals surface area (Å²) in [7, 11) is 0. The van der Waals surface area contributed by atoms with Gasteiger partial charge in [0.2, 0.25) is 23.6 Å². The maximum atomic E-state index is 12.6. The summed E-state index contributed by atoms with van der Waals surface area (Å²) in [4.78, 5) is 58.6. The molecule has 0 spiro atoms. The van der Waals surface area contributed by atoms with Crippen molar-refractivity contribution >= 4 is 29.6 Å². The van der Waals surface area contributed by atoms with Gasteiger partial charge < -0.3 is 37.6 Å². The van der Waals surface area contributed by atoms with Gasteiger partial charge in [-0.15, -0.1) is 0 Å². The van der Waals surface area contributed by atoms with Crippen LogP contribution >= 0.6 is 0 Å². The summed E-state index contributed by atoms with van der Waals surface area (Å²) in [5.41, 5.74) is 10.3. The topological polar surface area (TPSA) is 214 Å². The fourth-order valence-electron chi connectivity index (χ4n) is 2.21. The number of aliphatic hydroxyl groups is 1. The summed E-state index contributed by atoms with van der Waals surface area (Å²) in [6.45, 7) is 2.32. The van der Waals surface area contributed by atoms with Gasteiger partial charge in [-0.1, -0.05) is 20.3 Å². The predicted octanol–water partition coefficient (Wildman–Crippen LogP) is -3.21. The Hall–Kier alpha value is -2.73. The molecule has 0 aromatic carbocycles. The number of carbonyl (C=O) groups excluding carboxylic acids is 4. The number of aliphatic hydroxyl groups excluding tert-OH is 1. The lowest BCUT2D eigenvalue weighted by molar-refractivity contribution is -0.143. The smallest absolute Gasteiger partial charge is 0.328 e. The molecule has 0 saturated carbocycles. The van der Waals surface area contributed by atoms with Crippen LogP contribution in [0.2, 0.25) is 0 Å². The van der Waals surface area contributed by atoms with E-state index in [0.717, 1.165) is 0 Å². The molecule has 28 heavy (non-hydrogen) atoms. The number of carbonyl (C=O) groups is 5. The first kappa shape index (κ1) is 25.3. The summed E-state index contributed by atoms with van der Waals surface area (Å²) in [5, 5.41) is 24.9. The Kier molecular flexibility index (Phi) is 11.4. The lowest BCUT2D eigenvalue weighted by atomic mass is 9.97. The molecule has 160 valence electrons. The van der Waals surface area contributed by atoms with Gasteiger partial charge >= 0.3 is 5.97 Å². The van der Waals surface area contributed by atoms with Crippen LogP contribution in [0.5, 0.6) is 0 Å². The van der Waals surface area contributed by atoms with Crippen molar-refractivity contribution in [3.8, 4) is 0 Å². The third-order valence-electron chi connectivity index (χ3n) is 4.11. The molecule has 0 bridgehead atoms. The highest BCUT2D eigenvalue weighted by molar-refractivity contribution is 5.94. The quantitative estimate of drug-likeness (QED) is 0.166. The first-order valence-corrected chi connectivity index (χ1v) is 8.79. The van der Waals surface area contributed by atoms with Crippen molar-refractivity contribution in [3.63, 3.8) is 0 Å². The average Bonchev–Trinajstić information content (AvgIpc) is 2.65. The minimum absolute atomic E-state index is 0.192. The van der Waals surface area contributed by atoms with Crippen LogP contribution in [-0.2, 0) is 24.0 Å². The molecule has 4 amide bonds. The van der Waals surface area contributed by atoms with Crippen molar-refractivity contribution in [3.05, 3.63) is 0 Å². The number of primary amides is 1. The van der Waals surface area contributed by atoms with Crippen molar-refractivity contribution in [1.29, 1.82) is 0 Å². The van der Waals surface area contributed by atoms with Crippen molar-refractivity contribution in [1.82, 2.24) is 16.0 Å². The molecule has 0 aliphatic heterocycles. The first-order valence-electron chi connectivity index (χ1n) is 8.79. The second-order valence-corrected chi connectivity index (χ2v) is 6.28. The van der Waals surface area contributed by atoms with Crippen molar-refractivity contribution in [2.24, 2.45) is 17.4 Å². The van der Waals surface area contributed by atoms with Gasteiger partial charge in [0, 0.05) is 6.42 Å². The fraction of sp³-hybridized carbons (Fsp3) is 0.688. The van der Waals surface area contributed by atoms with Gasteiger partial charge in [0.05, 0.1) is 13.2 Å². The van der Waals surface area contributed by atoms with E-state index in [4.69, 9.17) is 21.7 Å². The van der Waals surface area contributed by atoms with E-state index < -0.39 is 54.3 Å². The first-order chi connectivity index (χ1) is 13.1. The maximum absolute atomic E-state index is 12.6. The van der Waals surface area contributed by atoms with Gasteiger partial charge in [0.1, 0.15) is 18.1 Å².